The molecule has 2 heterocycles. The Bertz CT molecular complexity index is 155. The van der Waals surface area contributed by atoms with Crippen molar-refractivity contribution < 1.29 is 4.21 Å². The maximum absolute atomic E-state index is 11.2. The van der Waals surface area contributed by atoms with E-state index in [-0.39, 0.29) is 0 Å². The number of fused-ring (bicyclic) bond motifs is 1. The van der Waals surface area contributed by atoms with Crippen molar-refractivity contribution in [1.82, 2.24) is 5.32 Å². The van der Waals surface area contributed by atoms with Crippen molar-refractivity contribution in [2.45, 2.75) is 12.8 Å². The monoisotopic (exact) mass is 173 g/mol. The molecule has 2 nitrogen and oxygen atoms in total. The van der Waals surface area contributed by atoms with Gasteiger partial charge in [-0.25, -0.2) is 0 Å². The summed E-state index contributed by atoms with van der Waals surface area (Å²) in [4.78, 5) is 0. The van der Waals surface area contributed by atoms with E-state index in [0.717, 1.165) is 23.3 Å². The Labute approximate surface area is 70.2 Å². The molecule has 2 saturated heterocycles. The van der Waals surface area contributed by atoms with Gasteiger partial charge in [-0.2, -0.15) is 0 Å². The van der Waals surface area contributed by atoms with E-state index >= 15 is 0 Å². The van der Waals surface area contributed by atoms with Gasteiger partial charge in [-0.05, 0) is 37.8 Å². The maximum atomic E-state index is 11.2. The number of rotatable bonds is 0. The summed E-state index contributed by atoms with van der Waals surface area (Å²) in [6, 6.07) is 0. The Morgan fingerprint density at radius 3 is 2.18 bits per heavy atom. The van der Waals surface area contributed by atoms with Crippen LogP contribution in [0, 0.1) is 11.8 Å². The van der Waals surface area contributed by atoms with Crippen LogP contribution in [0.4, 0.5) is 0 Å². The van der Waals surface area contributed by atoms with Gasteiger partial charge in [0.1, 0.15) is 0 Å². The van der Waals surface area contributed by atoms with Crippen molar-refractivity contribution in [1.29, 1.82) is 0 Å². The van der Waals surface area contributed by atoms with Crippen LogP contribution in [0.25, 0.3) is 0 Å². The SMILES string of the molecule is O=S1CCC2CNCC2CC1. The van der Waals surface area contributed by atoms with Crippen molar-refractivity contribution >= 4 is 10.8 Å². The van der Waals surface area contributed by atoms with Crippen molar-refractivity contribution in [3.05, 3.63) is 0 Å². The summed E-state index contributed by atoms with van der Waals surface area (Å²) in [5.74, 6) is 3.56. The molecule has 0 amide bonds. The Morgan fingerprint density at radius 2 is 1.64 bits per heavy atom. The molecule has 3 heteroatoms. The second kappa shape index (κ2) is 3.23. The fraction of sp³-hybridized carbons (Fsp3) is 1.00. The van der Waals surface area contributed by atoms with Gasteiger partial charge in [-0.15, -0.1) is 0 Å². The summed E-state index contributed by atoms with van der Waals surface area (Å²) < 4.78 is 11.2. The van der Waals surface area contributed by atoms with Crippen molar-refractivity contribution in [2.24, 2.45) is 11.8 Å². The van der Waals surface area contributed by atoms with Crippen LogP contribution in [-0.2, 0) is 10.8 Å². The van der Waals surface area contributed by atoms with Gasteiger partial charge in [0, 0.05) is 22.3 Å². The molecule has 11 heavy (non-hydrogen) atoms. The Kier molecular flexibility index (Phi) is 2.28. The van der Waals surface area contributed by atoms with Crippen molar-refractivity contribution in [2.75, 3.05) is 24.6 Å². The zero-order chi connectivity index (χ0) is 7.68. The van der Waals surface area contributed by atoms with E-state index in [4.69, 9.17) is 0 Å². The quantitative estimate of drug-likeness (QED) is 0.573. The number of hydrogen-bond acceptors (Lipinski definition) is 2. The van der Waals surface area contributed by atoms with E-state index in [1.165, 1.54) is 25.9 Å². The lowest BCUT2D eigenvalue weighted by Crippen LogP contribution is -2.11. The minimum absolute atomic E-state index is 0.494. The van der Waals surface area contributed by atoms with Gasteiger partial charge in [0.05, 0.1) is 0 Å². The molecule has 64 valence electrons. The summed E-state index contributed by atoms with van der Waals surface area (Å²) in [6.45, 7) is 2.34. The van der Waals surface area contributed by atoms with Crippen LogP contribution in [0.3, 0.4) is 0 Å². The molecule has 2 fully saturated rings. The minimum Gasteiger partial charge on any atom is -0.316 e. The van der Waals surface area contributed by atoms with Gasteiger partial charge in [0.15, 0.2) is 0 Å². The lowest BCUT2D eigenvalue weighted by Gasteiger charge is -2.12. The summed E-state index contributed by atoms with van der Waals surface area (Å²) in [7, 11) is -0.494. The van der Waals surface area contributed by atoms with E-state index in [1.54, 1.807) is 0 Å². The van der Waals surface area contributed by atoms with Crippen LogP contribution in [0.15, 0.2) is 0 Å². The van der Waals surface area contributed by atoms with E-state index < -0.39 is 10.8 Å². The van der Waals surface area contributed by atoms with Crippen molar-refractivity contribution in [3.8, 4) is 0 Å². The third-order valence-electron chi connectivity index (χ3n) is 2.91. The van der Waals surface area contributed by atoms with E-state index in [9.17, 15) is 4.21 Å². The summed E-state index contributed by atoms with van der Waals surface area (Å²) in [5, 5.41) is 3.41. The molecule has 2 rings (SSSR count). The first-order valence-corrected chi connectivity index (χ1v) is 5.91. The summed E-state index contributed by atoms with van der Waals surface area (Å²) in [6.07, 6.45) is 2.37. The lowest BCUT2D eigenvalue weighted by molar-refractivity contribution is 0.409. The Hall–Kier alpha value is 0.110. The predicted octanol–water partition coefficient (Wildman–Crippen LogP) is 0.365. The Balaban J connectivity index is 2.00. The average molecular weight is 173 g/mol. The van der Waals surface area contributed by atoms with Crippen LogP contribution in [0.1, 0.15) is 12.8 Å². The van der Waals surface area contributed by atoms with Gasteiger partial charge < -0.3 is 5.32 Å². The molecule has 0 aromatic carbocycles. The van der Waals surface area contributed by atoms with Gasteiger partial charge >= 0.3 is 0 Å². The smallest absolute Gasteiger partial charge is 0.0238 e. The average Bonchev–Trinajstić information content (AvgIpc) is 2.38. The lowest BCUT2D eigenvalue weighted by atomic mass is 9.92. The summed E-state index contributed by atoms with van der Waals surface area (Å²) >= 11 is 0. The molecule has 0 bridgehead atoms. The zero-order valence-electron chi connectivity index (χ0n) is 6.71. The molecule has 0 radical (unpaired) electrons. The fourth-order valence-corrected chi connectivity index (χ4v) is 3.47. The molecule has 2 aliphatic rings. The fourth-order valence-electron chi connectivity index (χ4n) is 2.13. The molecule has 0 aromatic rings. The van der Waals surface area contributed by atoms with Crippen LogP contribution in [0.5, 0.6) is 0 Å². The molecule has 0 aliphatic carbocycles. The van der Waals surface area contributed by atoms with Gasteiger partial charge in [-0.1, -0.05) is 0 Å². The van der Waals surface area contributed by atoms with Crippen LogP contribution >= 0.6 is 0 Å². The molecule has 2 aliphatic heterocycles. The molecule has 2 atom stereocenters. The topological polar surface area (TPSA) is 29.1 Å². The predicted molar refractivity (Wildman–Crippen MR) is 47.0 cm³/mol. The highest BCUT2D eigenvalue weighted by Gasteiger charge is 2.29. The molecule has 0 aromatic heterocycles. The number of nitrogens with one attached hydrogen (secondary N) is 1. The Morgan fingerprint density at radius 1 is 1.09 bits per heavy atom. The van der Waals surface area contributed by atoms with Gasteiger partial charge in [0.25, 0.3) is 0 Å². The maximum Gasteiger partial charge on any atom is 0.0238 e. The van der Waals surface area contributed by atoms with Crippen LogP contribution in [0.2, 0.25) is 0 Å². The van der Waals surface area contributed by atoms with Crippen molar-refractivity contribution in [3.63, 3.8) is 0 Å². The zero-order valence-corrected chi connectivity index (χ0v) is 7.53. The largest absolute Gasteiger partial charge is 0.316 e. The number of hydrogen-bond donors (Lipinski definition) is 1. The standard InChI is InChI=1S/C8H15NOS/c10-11-3-1-7-5-9-6-8(7)2-4-11/h7-9H,1-6H2. The summed E-state index contributed by atoms with van der Waals surface area (Å²) in [5.41, 5.74) is 0. The van der Waals surface area contributed by atoms with Gasteiger partial charge in [0.2, 0.25) is 0 Å². The van der Waals surface area contributed by atoms with E-state index in [1.807, 2.05) is 0 Å². The second-order valence-corrected chi connectivity index (χ2v) is 5.30. The minimum atomic E-state index is -0.494. The highest BCUT2D eigenvalue weighted by Crippen LogP contribution is 2.26. The van der Waals surface area contributed by atoms with Gasteiger partial charge in [-0.3, -0.25) is 4.21 Å². The molecule has 1 N–H and O–H groups in total. The highest BCUT2D eigenvalue weighted by molar-refractivity contribution is 7.84. The van der Waals surface area contributed by atoms with Crippen LogP contribution < -0.4 is 5.32 Å². The molecular formula is C8H15NOS. The molecular weight excluding hydrogens is 158 g/mol. The first-order valence-electron chi connectivity index (χ1n) is 4.42. The van der Waals surface area contributed by atoms with E-state index in [0.29, 0.717) is 0 Å². The molecule has 2 unspecified atom stereocenters. The third-order valence-corrected chi connectivity index (χ3v) is 4.29. The third kappa shape index (κ3) is 1.64. The molecule has 0 spiro atoms. The van der Waals surface area contributed by atoms with Crippen LogP contribution in [-0.4, -0.2) is 28.8 Å². The van der Waals surface area contributed by atoms with E-state index in [2.05, 4.69) is 5.32 Å². The highest BCUT2D eigenvalue weighted by atomic mass is 32.2. The first-order chi connectivity index (χ1) is 5.36. The molecule has 0 saturated carbocycles. The second-order valence-electron chi connectivity index (χ2n) is 3.60. The first kappa shape index (κ1) is 7.74. The normalized spacial score (nSPS) is 44.9.